The van der Waals surface area contributed by atoms with Crippen molar-refractivity contribution >= 4 is 5.97 Å². The highest BCUT2D eigenvalue weighted by Crippen LogP contribution is 1.96. The van der Waals surface area contributed by atoms with Crippen LogP contribution in [-0.2, 0) is 0 Å². The minimum atomic E-state index is -0.879. The second-order valence-electron chi connectivity index (χ2n) is 2.17. The van der Waals surface area contributed by atoms with E-state index in [0.717, 1.165) is 0 Å². The Hall–Kier alpha value is -1.61. The molecule has 1 aromatic rings. The lowest BCUT2D eigenvalue weighted by molar-refractivity contribution is 0.0697. The molecule has 0 aliphatic heterocycles. The van der Waals surface area contributed by atoms with Crippen molar-refractivity contribution in [3.63, 3.8) is 0 Å². The van der Waals surface area contributed by atoms with E-state index in [9.17, 15) is 4.79 Å². The Labute approximate surface area is 85.1 Å². The van der Waals surface area contributed by atoms with E-state index in [-0.39, 0.29) is 0 Å². The van der Waals surface area contributed by atoms with Crippen LogP contribution in [0.1, 0.15) is 10.4 Å². The highest BCUT2D eigenvalue weighted by atomic mass is 16.4. The van der Waals surface area contributed by atoms with Gasteiger partial charge in [-0.05, 0) is 26.2 Å². The lowest BCUT2D eigenvalue weighted by Gasteiger charge is -1.88. The summed E-state index contributed by atoms with van der Waals surface area (Å²) in [7, 11) is 3.75. The third-order valence-electron chi connectivity index (χ3n) is 1.02. The van der Waals surface area contributed by atoms with E-state index >= 15 is 0 Å². The van der Waals surface area contributed by atoms with Gasteiger partial charge < -0.3 is 10.4 Å². The predicted octanol–water partition coefficient (Wildman–Crippen LogP) is 2.02. The van der Waals surface area contributed by atoms with Crippen LogP contribution < -0.4 is 5.32 Å². The standard InChI is InChI=1S/C7H6O2.C2H7N.C2H4/c8-7(9)6-4-2-1-3-5-6;1-3-2;1-2/h1-5H,(H,8,9);3H,1-2H3;1-2H2. The van der Waals surface area contributed by atoms with Gasteiger partial charge in [-0.25, -0.2) is 4.79 Å². The number of hydrogen-bond acceptors (Lipinski definition) is 2. The number of rotatable bonds is 1. The topological polar surface area (TPSA) is 49.3 Å². The molecular formula is C11H17NO2. The third kappa shape index (κ3) is 8.49. The smallest absolute Gasteiger partial charge is 0.335 e. The number of nitrogens with one attached hydrogen (secondary N) is 1. The monoisotopic (exact) mass is 195 g/mol. The Balaban J connectivity index is 0. The molecule has 0 saturated heterocycles. The summed E-state index contributed by atoms with van der Waals surface area (Å²) in [4.78, 5) is 10.2. The molecule has 0 aromatic heterocycles. The number of carbonyl (C=O) groups is 1. The molecule has 3 nitrogen and oxygen atoms in total. The minimum absolute atomic E-state index is 0.331. The number of benzene rings is 1. The van der Waals surface area contributed by atoms with Crippen molar-refractivity contribution in [3.8, 4) is 0 Å². The molecule has 0 saturated carbocycles. The van der Waals surface area contributed by atoms with Gasteiger partial charge in [-0.3, -0.25) is 0 Å². The average Bonchev–Trinajstić information content (AvgIpc) is 2.23. The molecule has 0 spiro atoms. The normalized spacial score (nSPS) is 7.29. The number of aromatic carboxylic acids is 1. The Morgan fingerprint density at radius 1 is 1.21 bits per heavy atom. The third-order valence-corrected chi connectivity index (χ3v) is 1.02. The molecule has 0 unspecified atom stereocenters. The molecule has 2 N–H and O–H groups in total. The summed E-state index contributed by atoms with van der Waals surface area (Å²) in [5.41, 5.74) is 0.331. The van der Waals surface area contributed by atoms with Gasteiger partial charge in [0.25, 0.3) is 0 Å². The number of carboxylic acid groups (broad SMARTS) is 1. The molecule has 0 fully saturated rings. The lowest BCUT2D eigenvalue weighted by atomic mass is 10.2. The second-order valence-corrected chi connectivity index (χ2v) is 2.17. The van der Waals surface area contributed by atoms with Gasteiger partial charge in [0.15, 0.2) is 0 Å². The zero-order valence-corrected chi connectivity index (χ0v) is 8.66. The molecule has 14 heavy (non-hydrogen) atoms. The van der Waals surface area contributed by atoms with Gasteiger partial charge >= 0.3 is 5.97 Å². The lowest BCUT2D eigenvalue weighted by Crippen LogP contribution is -1.93. The molecule has 0 atom stereocenters. The van der Waals surface area contributed by atoms with Gasteiger partial charge in [-0.15, -0.1) is 13.2 Å². The van der Waals surface area contributed by atoms with E-state index in [0.29, 0.717) is 5.56 Å². The van der Waals surface area contributed by atoms with E-state index in [4.69, 9.17) is 5.11 Å². The zero-order valence-electron chi connectivity index (χ0n) is 8.66. The highest BCUT2D eigenvalue weighted by Gasteiger charge is 1.96. The van der Waals surface area contributed by atoms with Crippen LogP contribution in [-0.4, -0.2) is 25.2 Å². The van der Waals surface area contributed by atoms with Crippen LogP contribution >= 0.6 is 0 Å². The van der Waals surface area contributed by atoms with Crippen LogP contribution in [0.25, 0.3) is 0 Å². The molecule has 1 aromatic carbocycles. The maximum atomic E-state index is 10.2. The van der Waals surface area contributed by atoms with E-state index in [1.807, 2.05) is 14.1 Å². The van der Waals surface area contributed by atoms with Crippen LogP contribution in [0, 0.1) is 0 Å². The van der Waals surface area contributed by atoms with E-state index in [2.05, 4.69) is 18.5 Å². The first-order valence-corrected chi connectivity index (χ1v) is 4.09. The fourth-order valence-corrected chi connectivity index (χ4v) is 0.581. The fraction of sp³-hybridized carbons (Fsp3) is 0.182. The molecule has 0 amide bonds. The summed E-state index contributed by atoms with van der Waals surface area (Å²) in [5.74, 6) is -0.879. The number of hydrogen-bond donors (Lipinski definition) is 2. The average molecular weight is 195 g/mol. The molecule has 3 heteroatoms. The highest BCUT2D eigenvalue weighted by molar-refractivity contribution is 5.87. The van der Waals surface area contributed by atoms with Gasteiger partial charge in [0.05, 0.1) is 5.56 Å². The zero-order chi connectivity index (χ0) is 11.4. The van der Waals surface area contributed by atoms with Crippen molar-refractivity contribution in [3.05, 3.63) is 49.1 Å². The summed E-state index contributed by atoms with van der Waals surface area (Å²) in [6, 6.07) is 8.30. The fourth-order valence-electron chi connectivity index (χ4n) is 0.581. The molecule has 0 bridgehead atoms. The molecule has 0 radical (unpaired) electrons. The first-order valence-electron chi connectivity index (χ1n) is 4.09. The summed E-state index contributed by atoms with van der Waals surface area (Å²) in [6.07, 6.45) is 0. The predicted molar refractivity (Wildman–Crippen MR) is 59.6 cm³/mol. The van der Waals surface area contributed by atoms with Gasteiger partial charge in [-0.2, -0.15) is 0 Å². The van der Waals surface area contributed by atoms with Crippen LogP contribution in [0.5, 0.6) is 0 Å². The number of carboxylic acids is 1. The summed E-state index contributed by atoms with van der Waals surface area (Å²) in [5, 5.41) is 11.1. The Bertz CT molecular complexity index is 234. The molecule has 1 rings (SSSR count). The van der Waals surface area contributed by atoms with Crippen molar-refractivity contribution in [1.82, 2.24) is 5.32 Å². The second kappa shape index (κ2) is 11.4. The molecule has 0 aliphatic rings. The Morgan fingerprint density at radius 3 is 1.79 bits per heavy atom. The van der Waals surface area contributed by atoms with Gasteiger partial charge in [-0.1, -0.05) is 18.2 Å². The summed E-state index contributed by atoms with van der Waals surface area (Å²) >= 11 is 0. The van der Waals surface area contributed by atoms with Crippen molar-refractivity contribution in [2.45, 2.75) is 0 Å². The first kappa shape index (κ1) is 14.9. The van der Waals surface area contributed by atoms with Gasteiger partial charge in [0, 0.05) is 0 Å². The van der Waals surface area contributed by atoms with Crippen LogP contribution in [0.2, 0.25) is 0 Å². The molecule has 78 valence electrons. The minimum Gasteiger partial charge on any atom is -0.478 e. The maximum absolute atomic E-state index is 10.2. The van der Waals surface area contributed by atoms with Crippen LogP contribution in [0.4, 0.5) is 0 Å². The SMILES string of the molecule is C=C.CNC.O=C(O)c1ccccc1. The summed E-state index contributed by atoms with van der Waals surface area (Å²) in [6.45, 7) is 6.00. The van der Waals surface area contributed by atoms with Crippen molar-refractivity contribution in [2.24, 2.45) is 0 Å². The quantitative estimate of drug-likeness (QED) is 0.674. The van der Waals surface area contributed by atoms with Crippen molar-refractivity contribution in [1.29, 1.82) is 0 Å². The Kier molecular flexibility index (Phi) is 12.1. The van der Waals surface area contributed by atoms with Crippen molar-refractivity contribution in [2.75, 3.05) is 14.1 Å². The molecular weight excluding hydrogens is 178 g/mol. The molecule has 0 aliphatic carbocycles. The van der Waals surface area contributed by atoms with E-state index in [1.54, 1.807) is 30.3 Å². The van der Waals surface area contributed by atoms with Crippen molar-refractivity contribution < 1.29 is 9.90 Å². The maximum Gasteiger partial charge on any atom is 0.335 e. The first-order chi connectivity index (χ1) is 6.72. The van der Waals surface area contributed by atoms with Crippen LogP contribution in [0.15, 0.2) is 43.5 Å². The van der Waals surface area contributed by atoms with Gasteiger partial charge in [0.2, 0.25) is 0 Å². The van der Waals surface area contributed by atoms with Crippen LogP contribution in [0.3, 0.4) is 0 Å². The van der Waals surface area contributed by atoms with Gasteiger partial charge in [0.1, 0.15) is 0 Å². The van der Waals surface area contributed by atoms with E-state index in [1.165, 1.54) is 0 Å². The Morgan fingerprint density at radius 2 is 1.57 bits per heavy atom. The summed E-state index contributed by atoms with van der Waals surface area (Å²) < 4.78 is 0. The molecule has 0 heterocycles. The van der Waals surface area contributed by atoms with E-state index < -0.39 is 5.97 Å². The largest absolute Gasteiger partial charge is 0.478 e.